The molecular formula is C26H30N4O. The van der Waals surface area contributed by atoms with Crippen LogP contribution in [0.15, 0.2) is 59.8 Å². The van der Waals surface area contributed by atoms with Crippen LogP contribution < -0.4 is 5.69 Å². The van der Waals surface area contributed by atoms with Crippen molar-refractivity contribution in [3.8, 4) is 11.3 Å². The first-order chi connectivity index (χ1) is 15.0. The lowest BCUT2D eigenvalue weighted by Crippen LogP contribution is -2.28. The molecule has 1 aromatic carbocycles. The minimum atomic E-state index is -0.176. The van der Waals surface area contributed by atoms with Crippen molar-refractivity contribution in [3.63, 3.8) is 0 Å². The highest BCUT2D eigenvalue weighted by molar-refractivity contribution is 5.60. The summed E-state index contributed by atoms with van der Waals surface area (Å²) in [5.74, 6) is 0.824. The number of nitrogens with zero attached hydrogens (tertiary/aromatic N) is 4. The molecule has 5 heteroatoms. The predicted octanol–water partition coefficient (Wildman–Crippen LogP) is 3.98. The third kappa shape index (κ3) is 3.94. The topological polar surface area (TPSA) is 51.0 Å². The average Bonchev–Trinajstić information content (AvgIpc) is 3.35. The summed E-state index contributed by atoms with van der Waals surface area (Å²) in [6.07, 6.45) is 8.86. The van der Waals surface area contributed by atoms with E-state index >= 15 is 0 Å². The molecule has 0 N–H and O–H groups in total. The summed E-state index contributed by atoms with van der Waals surface area (Å²) in [5, 5.41) is 0. The van der Waals surface area contributed by atoms with Crippen LogP contribution in [0.4, 0.5) is 0 Å². The van der Waals surface area contributed by atoms with Crippen LogP contribution in [0.2, 0.25) is 0 Å². The number of aromatic nitrogens is 3. The Kier molecular flexibility index (Phi) is 5.22. The molecule has 1 aliphatic carbocycles. The van der Waals surface area contributed by atoms with Crippen molar-refractivity contribution < 1.29 is 0 Å². The van der Waals surface area contributed by atoms with Gasteiger partial charge in [0, 0.05) is 49.2 Å². The lowest BCUT2D eigenvalue weighted by molar-refractivity contribution is 0.289. The van der Waals surface area contributed by atoms with Gasteiger partial charge in [0.15, 0.2) is 0 Å². The zero-order chi connectivity index (χ0) is 21.4. The molecule has 0 radical (unpaired) electrons. The molecule has 1 saturated heterocycles. The first-order valence-electron chi connectivity index (χ1n) is 11.3. The molecule has 2 atom stereocenters. The molecule has 1 saturated carbocycles. The molecule has 5 rings (SSSR count). The Hall–Kier alpha value is -2.79. The Balaban J connectivity index is 1.15. The highest BCUT2D eigenvalue weighted by Crippen LogP contribution is 2.58. The van der Waals surface area contributed by atoms with Gasteiger partial charge < -0.3 is 4.90 Å². The van der Waals surface area contributed by atoms with Gasteiger partial charge in [-0.1, -0.05) is 29.8 Å². The smallest absolute Gasteiger partial charge is 0.302 e. The average molecular weight is 415 g/mol. The Morgan fingerprint density at radius 1 is 1.10 bits per heavy atom. The summed E-state index contributed by atoms with van der Waals surface area (Å²) in [6, 6.07) is 13.0. The van der Waals surface area contributed by atoms with E-state index in [0.717, 1.165) is 48.7 Å². The number of unbranched alkanes of at least 4 members (excludes halogenated alkanes) is 1. The molecule has 1 unspecified atom stereocenters. The standard InChI is InChI=1S/C26H30N4O/c1-19-7-9-22(10-8-19)26-14-23(26)17-29(18-26)12-3-4-13-30-16-20(2)24(28-25(30)31)21-6-5-11-27-15-21/h5-11,15-16,23H,3-4,12-14,17-18H2,1-2H3/t23-,26?/m0/s1. The monoisotopic (exact) mass is 414 g/mol. The normalized spacial score (nSPS) is 22.5. The fraction of sp³-hybridized carbons (Fsp3) is 0.423. The number of fused-ring (bicyclic) bond motifs is 1. The number of hydrogen-bond acceptors (Lipinski definition) is 4. The summed E-state index contributed by atoms with van der Waals surface area (Å²) in [4.78, 5) is 23.6. The molecule has 0 spiro atoms. The summed E-state index contributed by atoms with van der Waals surface area (Å²) in [5.41, 5.74) is 5.71. The SMILES string of the molecule is Cc1ccc(C23C[C@H]2CN(CCCCn2cc(C)c(-c4cccnc4)nc2=O)C3)cc1. The third-order valence-electron chi connectivity index (χ3n) is 7.08. The van der Waals surface area contributed by atoms with Gasteiger partial charge in [0.25, 0.3) is 0 Å². The van der Waals surface area contributed by atoms with E-state index in [0.29, 0.717) is 5.41 Å². The second kappa shape index (κ2) is 8.04. The van der Waals surface area contributed by atoms with Gasteiger partial charge in [-0.3, -0.25) is 9.55 Å². The minimum Gasteiger partial charge on any atom is -0.302 e. The van der Waals surface area contributed by atoms with E-state index in [9.17, 15) is 4.79 Å². The van der Waals surface area contributed by atoms with E-state index in [-0.39, 0.29) is 5.69 Å². The lowest BCUT2D eigenvalue weighted by atomic mass is 9.94. The molecule has 0 amide bonds. The van der Waals surface area contributed by atoms with Gasteiger partial charge in [-0.15, -0.1) is 0 Å². The molecule has 5 nitrogen and oxygen atoms in total. The molecule has 2 aromatic heterocycles. The quantitative estimate of drug-likeness (QED) is 0.549. The van der Waals surface area contributed by atoms with Gasteiger partial charge in [0.2, 0.25) is 0 Å². The van der Waals surface area contributed by atoms with Gasteiger partial charge in [0.1, 0.15) is 0 Å². The van der Waals surface area contributed by atoms with Gasteiger partial charge in [-0.25, -0.2) is 4.79 Å². The first kappa shape index (κ1) is 20.1. The number of aryl methyl sites for hydroxylation is 3. The highest BCUT2D eigenvalue weighted by atomic mass is 16.1. The van der Waals surface area contributed by atoms with Crippen molar-refractivity contribution in [2.45, 2.75) is 45.1 Å². The number of piperidine rings is 1. The number of benzene rings is 1. The molecule has 1 aliphatic heterocycles. The molecular weight excluding hydrogens is 384 g/mol. The van der Waals surface area contributed by atoms with Crippen LogP contribution in [0, 0.1) is 19.8 Å². The van der Waals surface area contributed by atoms with Crippen LogP contribution in [0.5, 0.6) is 0 Å². The molecule has 160 valence electrons. The van der Waals surface area contributed by atoms with Crippen LogP contribution in [0.1, 0.15) is 36.0 Å². The maximum atomic E-state index is 12.5. The summed E-state index contributed by atoms with van der Waals surface area (Å²) in [7, 11) is 0. The van der Waals surface area contributed by atoms with E-state index in [4.69, 9.17) is 0 Å². The second-order valence-electron chi connectivity index (χ2n) is 9.36. The summed E-state index contributed by atoms with van der Waals surface area (Å²) < 4.78 is 1.75. The molecule has 2 aliphatic rings. The molecule has 3 heterocycles. The van der Waals surface area contributed by atoms with Crippen molar-refractivity contribution in [1.82, 2.24) is 19.4 Å². The largest absolute Gasteiger partial charge is 0.348 e. The third-order valence-corrected chi connectivity index (χ3v) is 7.08. The predicted molar refractivity (Wildman–Crippen MR) is 123 cm³/mol. The Morgan fingerprint density at radius 3 is 2.68 bits per heavy atom. The minimum absolute atomic E-state index is 0.176. The van der Waals surface area contributed by atoms with Gasteiger partial charge in [-0.2, -0.15) is 4.98 Å². The summed E-state index contributed by atoms with van der Waals surface area (Å²) in [6.45, 7) is 8.39. The molecule has 2 fully saturated rings. The molecule has 3 aromatic rings. The zero-order valence-corrected chi connectivity index (χ0v) is 18.4. The van der Waals surface area contributed by atoms with Crippen LogP contribution in [0.3, 0.4) is 0 Å². The van der Waals surface area contributed by atoms with Crippen LogP contribution in [0.25, 0.3) is 11.3 Å². The molecule has 0 bridgehead atoms. The van der Waals surface area contributed by atoms with E-state index < -0.39 is 0 Å². The lowest BCUT2D eigenvalue weighted by Gasteiger charge is -2.21. The van der Waals surface area contributed by atoms with Crippen molar-refractivity contribution in [1.29, 1.82) is 0 Å². The first-order valence-corrected chi connectivity index (χ1v) is 11.3. The van der Waals surface area contributed by atoms with E-state index in [1.807, 2.05) is 25.3 Å². The van der Waals surface area contributed by atoms with Crippen molar-refractivity contribution >= 4 is 0 Å². The maximum absolute atomic E-state index is 12.5. The summed E-state index contributed by atoms with van der Waals surface area (Å²) >= 11 is 0. The maximum Gasteiger partial charge on any atom is 0.348 e. The number of likely N-dealkylation sites (tertiary alicyclic amines) is 1. The molecule has 31 heavy (non-hydrogen) atoms. The van der Waals surface area contributed by atoms with Gasteiger partial charge >= 0.3 is 5.69 Å². The van der Waals surface area contributed by atoms with Crippen LogP contribution in [-0.4, -0.2) is 39.1 Å². The van der Waals surface area contributed by atoms with E-state index in [1.54, 1.807) is 17.0 Å². The number of rotatable bonds is 7. The van der Waals surface area contributed by atoms with E-state index in [2.05, 4.69) is 46.1 Å². The van der Waals surface area contributed by atoms with Crippen molar-refractivity contribution in [2.75, 3.05) is 19.6 Å². The van der Waals surface area contributed by atoms with Crippen molar-refractivity contribution in [2.24, 2.45) is 5.92 Å². The highest BCUT2D eigenvalue weighted by Gasteiger charge is 2.60. The number of pyridine rings is 1. The van der Waals surface area contributed by atoms with Crippen molar-refractivity contribution in [3.05, 3.63) is 82.2 Å². The Bertz CT molecular complexity index is 1120. The van der Waals surface area contributed by atoms with Gasteiger partial charge in [-0.05, 0) is 68.8 Å². The fourth-order valence-electron chi connectivity index (χ4n) is 5.26. The Morgan fingerprint density at radius 2 is 1.90 bits per heavy atom. The Labute approximate surface area is 183 Å². The van der Waals surface area contributed by atoms with E-state index in [1.165, 1.54) is 30.6 Å². The second-order valence-corrected chi connectivity index (χ2v) is 9.36. The fourth-order valence-corrected chi connectivity index (χ4v) is 5.26. The number of hydrogen-bond donors (Lipinski definition) is 0. The zero-order valence-electron chi connectivity index (χ0n) is 18.4. The van der Waals surface area contributed by atoms with Crippen LogP contribution in [-0.2, 0) is 12.0 Å². The van der Waals surface area contributed by atoms with Crippen LogP contribution >= 0.6 is 0 Å². The van der Waals surface area contributed by atoms with Gasteiger partial charge in [0.05, 0.1) is 5.69 Å².